The van der Waals surface area contributed by atoms with E-state index in [-0.39, 0.29) is 11.5 Å². The summed E-state index contributed by atoms with van der Waals surface area (Å²) in [5, 5.41) is 3.05. The van der Waals surface area contributed by atoms with Crippen LogP contribution in [0.4, 0.5) is 0 Å². The number of aryl methyl sites for hydroxylation is 3. The Labute approximate surface area is 208 Å². The molecule has 0 aliphatic heterocycles. The second-order valence-electron chi connectivity index (χ2n) is 10.1. The summed E-state index contributed by atoms with van der Waals surface area (Å²) >= 11 is 0. The van der Waals surface area contributed by atoms with Crippen molar-refractivity contribution in [3.63, 3.8) is 0 Å². The van der Waals surface area contributed by atoms with Crippen molar-refractivity contribution in [2.75, 3.05) is 20.1 Å². The molecular weight excluding hydrogens is 436 g/mol. The van der Waals surface area contributed by atoms with Crippen molar-refractivity contribution >= 4 is 16.9 Å². The normalized spacial score (nSPS) is 14.5. The van der Waals surface area contributed by atoms with E-state index in [1.165, 1.54) is 32.1 Å². The third-order valence-electron chi connectivity index (χ3n) is 7.45. The highest BCUT2D eigenvalue weighted by atomic mass is 16.1. The van der Waals surface area contributed by atoms with E-state index in [1.54, 1.807) is 11.5 Å². The van der Waals surface area contributed by atoms with Gasteiger partial charge in [-0.3, -0.25) is 9.59 Å². The number of rotatable bonds is 8. The van der Waals surface area contributed by atoms with Gasteiger partial charge in [-0.15, -0.1) is 0 Å². The predicted molar refractivity (Wildman–Crippen MR) is 142 cm³/mol. The zero-order valence-corrected chi connectivity index (χ0v) is 21.6. The summed E-state index contributed by atoms with van der Waals surface area (Å²) in [7, 11) is 2.21. The molecule has 1 heterocycles. The van der Waals surface area contributed by atoms with Crippen LogP contribution in [-0.2, 0) is 6.54 Å². The molecule has 1 aliphatic rings. The van der Waals surface area contributed by atoms with Crippen LogP contribution in [0.3, 0.4) is 0 Å². The fourth-order valence-electron chi connectivity index (χ4n) is 5.06. The minimum Gasteiger partial charge on any atom is -0.352 e. The number of hydrogen-bond donors (Lipinski definition) is 1. The lowest BCUT2D eigenvalue weighted by Gasteiger charge is -2.31. The van der Waals surface area contributed by atoms with E-state index >= 15 is 0 Å². The van der Waals surface area contributed by atoms with Gasteiger partial charge in [-0.1, -0.05) is 31.4 Å². The predicted octanol–water partition coefficient (Wildman–Crippen LogP) is 4.75. The Morgan fingerprint density at radius 1 is 1.06 bits per heavy atom. The van der Waals surface area contributed by atoms with Crippen molar-refractivity contribution in [3.05, 3.63) is 74.7 Å². The molecule has 1 amide bonds. The van der Waals surface area contributed by atoms with Gasteiger partial charge in [0.2, 0.25) is 0 Å². The molecule has 1 saturated carbocycles. The van der Waals surface area contributed by atoms with Crippen molar-refractivity contribution < 1.29 is 4.79 Å². The highest BCUT2D eigenvalue weighted by molar-refractivity contribution is 5.94. The Kier molecular flexibility index (Phi) is 8.01. The van der Waals surface area contributed by atoms with Crippen molar-refractivity contribution in [1.82, 2.24) is 19.8 Å². The summed E-state index contributed by atoms with van der Waals surface area (Å²) in [5.41, 5.74) is 5.98. The smallest absolute Gasteiger partial charge is 0.272 e. The van der Waals surface area contributed by atoms with E-state index in [0.717, 1.165) is 40.7 Å². The van der Waals surface area contributed by atoms with Gasteiger partial charge in [-0.2, -0.15) is 0 Å². The first kappa shape index (κ1) is 25.1. The summed E-state index contributed by atoms with van der Waals surface area (Å²) < 4.78 is 1.78. The Hall–Kier alpha value is -2.99. The lowest BCUT2D eigenvalue weighted by Crippen LogP contribution is -2.35. The van der Waals surface area contributed by atoms with Crippen LogP contribution < -0.4 is 10.9 Å². The molecule has 0 saturated heterocycles. The molecule has 2 aromatic carbocycles. The maximum atomic E-state index is 12.9. The van der Waals surface area contributed by atoms with Gasteiger partial charge in [0.25, 0.3) is 11.5 Å². The van der Waals surface area contributed by atoms with Crippen LogP contribution in [0.25, 0.3) is 11.0 Å². The zero-order chi connectivity index (χ0) is 24.9. The topological polar surface area (TPSA) is 67.2 Å². The number of benzene rings is 2. The number of carbonyl (C=O) groups excluding carboxylic acids is 1. The quantitative estimate of drug-likeness (QED) is 0.478. The van der Waals surface area contributed by atoms with Gasteiger partial charge < -0.3 is 14.8 Å². The molecule has 35 heavy (non-hydrogen) atoms. The summed E-state index contributed by atoms with van der Waals surface area (Å²) in [4.78, 5) is 32.5. The number of hydrogen-bond acceptors (Lipinski definition) is 4. The van der Waals surface area contributed by atoms with Crippen LogP contribution >= 0.6 is 0 Å². The maximum Gasteiger partial charge on any atom is 0.272 e. The molecule has 6 heteroatoms. The van der Waals surface area contributed by atoms with Gasteiger partial charge >= 0.3 is 0 Å². The Morgan fingerprint density at radius 3 is 2.46 bits per heavy atom. The number of amides is 1. The van der Waals surface area contributed by atoms with Gasteiger partial charge in [0, 0.05) is 18.2 Å². The minimum atomic E-state index is -0.0826. The van der Waals surface area contributed by atoms with Crippen LogP contribution in [-0.4, -0.2) is 46.5 Å². The molecule has 6 nitrogen and oxygen atoms in total. The van der Waals surface area contributed by atoms with E-state index in [2.05, 4.69) is 29.2 Å². The maximum absolute atomic E-state index is 12.9. The minimum absolute atomic E-state index is 0.0506. The fraction of sp³-hybridized carbons (Fsp3) is 0.483. The van der Waals surface area contributed by atoms with E-state index in [4.69, 9.17) is 0 Å². The third kappa shape index (κ3) is 5.99. The van der Waals surface area contributed by atoms with E-state index in [0.29, 0.717) is 30.4 Å². The summed E-state index contributed by atoms with van der Waals surface area (Å²) in [6.07, 6.45) is 7.60. The molecule has 4 rings (SSSR count). The molecule has 1 fully saturated rings. The molecule has 0 spiro atoms. The highest BCUT2D eigenvalue weighted by Crippen LogP contribution is 2.21. The number of nitrogens with one attached hydrogen (secondary N) is 1. The fourth-order valence-corrected chi connectivity index (χ4v) is 5.06. The number of carbonyl (C=O) groups is 1. The van der Waals surface area contributed by atoms with Crippen molar-refractivity contribution in [2.24, 2.45) is 0 Å². The summed E-state index contributed by atoms with van der Waals surface area (Å²) in [5.74, 6) is -0.0506. The molecule has 1 aromatic heterocycles. The molecule has 1 aliphatic carbocycles. The number of fused-ring (bicyclic) bond motifs is 1. The second kappa shape index (κ2) is 11.2. The molecular formula is C29H38N4O2. The van der Waals surface area contributed by atoms with Gasteiger partial charge in [-0.25, -0.2) is 4.98 Å². The third-order valence-corrected chi connectivity index (χ3v) is 7.45. The second-order valence-corrected chi connectivity index (χ2v) is 10.1. The highest BCUT2D eigenvalue weighted by Gasteiger charge is 2.17. The molecule has 0 unspecified atom stereocenters. The van der Waals surface area contributed by atoms with Crippen molar-refractivity contribution in [2.45, 2.75) is 71.9 Å². The monoisotopic (exact) mass is 474 g/mol. The standard InChI is InChI=1S/C29H38N4O2/c1-20-17-26-27(18-21(20)2)33(29(35)22(3)31-26)19-23-11-13-24(14-12-23)28(34)30-15-8-16-32(4)25-9-6-5-7-10-25/h11-14,17-18,25H,5-10,15-16,19H2,1-4H3,(H,30,34). The first-order chi connectivity index (χ1) is 16.8. The molecule has 3 aromatic rings. The molecule has 1 N–H and O–H groups in total. The van der Waals surface area contributed by atoms with Crippen molar-refractivity contribution in [3.8, 4) is 0 Å². The Balaban J connectivity index is 1.36. The largest absolute Gasteiger partial charge is 0.352 e. The zero-order valence-electron chi connectivity index (χ0n) is 21.6. The first-order valence-electron chi connectivity index (χ1n) is 12.9. The molecule has 0 atom stereocenters. The average molecular weight is 475 g/mol. The van der Waals surface area contributed by atoms with E-state index < -0.39 is 0 Å². The first-order valence-corrected chi connectivity index (χ1v) is 12.9. The van der Waals surface area contributed by atoms with E-state index in [1.807, 2.05) is 43.3 Å². The van der Waals surface area contributed by atoms with Gasteiger partial charge in [-0.05, 0) is 94.6 Å². The summed E-state index contributed by atoms with van der Waals surface area (Å²) in [6.45, 7) is 7.99. The average Bonchev–Trinajstić information content (AvgIpc) is 2.86. The van der Waals surface area contributed by atoms with Crippen LogP contribution in [0.1, 0.15) is 71.3 Å². The Morgan fingerprint density at radius 2 is 1.74 bits per heavy atom. The summed E-state index contributed by atoms with van der Waals surface area (Å²) in [6, 6.07) is 12.3. The van der Waals surface area contributed by atoms with Crippen LogP contribution in [0.2, 0.25) is 0 Å². The van der Waals surface area contributed by atoms with Crippen LogP contribution in [0, 0.1) is 20.8 Å². The van der Waals surface area contributed by atoms with Gasteiger partial charge in [0.05, 0.1) is 17.6 Å². The molecule has 0 bridgehead atoms. The number of nitrogens with zero attached hydrogens (tertiary/aromatic N) is 3. The van der Waals surface area contributed by atoms with E-state index in [9.17, 15) is 9.59 Å². The molecule has 0 radical (unpaired) electrons. The Bertz CT molecular complexity index is 1240. The van der Waals surface area contributed by atoms with Crippen LogP contribution in [0.15, 0.2) is 41.2 Å². The van der Waals surface area contributed by atoms with Crippen LogP contribution in [0.5, 0.6) is 0 Å². The lowest BCUT2D eigenvalue weighted by atomic mass is 9.94. The SMILES string of the molecule is Cc1cc2nc(C)c(=O)n(Cc3ccc(C(=O)NCCCN(C)C4CCCCC4)cc3)c2cc1C. The molecule has 186 valence electrons. The van der Waals surface area contributed by atoms with Gasteiger partial charge in [0.1, 0.15) is 5.69 Å². The van der Waals surface area contributed by atoms with Gasteiger partial charge in [0.15, 0.2) is 0 Å². The lowest BCUT2D eigenvalue weighted by molar-refractivity contribution is 0.0950. The number of aromatic nitrogens is 2. The van der Waals surface area contributed by atoms with Crippen molar-refractivity contribution in [1.29, 1.82) is 0 Å².